The van der Waals surface area contributed by atoms with Gasteiger partial charge in [-0.25, -0.2) is 0 Å². The summed E-state index contributed by atoms with van der Waals surface area (Å²) in [7, 11) is 0. The summed E-state index contributed by atoms with van der Waals surface area (Å²) in [6.07, 6.45) is 4.12. The fourth-order valence-corrected chi connectivity index (χ4v) is 5.11. The zero-order valence-electron chi connectivity index (χ0n) is 16.4. The fourth-order valence-electron chi connectivity index (χ4n) is 3.27. The van der Waals surface area contributed by atoms with Gasteiger partial charge in [-0.3, -0.25) is 4.79 Å². The topological polar surface area (TPSA) is 101 Å². The first-order valence-corrected chi connectivity index (χ1v) is 11.4. The molecule has 154 valence electrons. The number of aromatic nitrogens is 2. The number of aryl methyl sites for hydroxylation is 2. The number of nitrogens with one attached hydrogen (secondary N) is 1. The van der Waals surface area contributed by atoms with Crippen molar-refractivity contribution in [2.24, 2.45) is 0 Å². The lowest BCUT2D eigenvalue weighted by molar-refractivity contribution is -0.113. The molecular formula is C21H20N4O3S2. The molecule has 2 aromatic heterocycles. The number of carbonyl (C=O) groups is 1. The molecule has 30 heavy (non-hydrogen) atoms. The normalized spacial score (nSPS) is 12.8. The quantitative estimate of drug-likeness (QED) is 0.540. The summed E-state index contributed by atoms with van der Waals surface area (Å²) in [6.45, 7) is 2.13. The van der Waals surface area contributed by atoms with E-state index < -0.39 is 0 Å². The SMILES string of the molecule is Cc1ccccc1OCc1nnc(SCC(=O)Nc2sc3c(c2C#N)CCCC3)o1. The molecule has 0 spiro atoms. The molecule has 4 rings (SSSR count). The molecule has 1 aliphatic carbocycles. The van der Waals surface area contributed by atoms with Crippen LogP contribution in [-0.4, -0.2) is 21.9 Å². The van der Waals surface area contributed by atoms with Crippen LogP contribution in [-0.2, 0) is 24.2 Å². The Labute approximate surface area is 182 Å². The lowest BCUT2D eigenvalue weighted by atomic mass is 9.96. The smallest absolute Gasteiger partial charge is 0.277 e. The summed E-state index contributed by atoms with van der Waals surface area (Å²) in [5.41, 5.74) is 2.74. The van der Waals surface area contributed by atoms with Gasteiger partial charge < -0.3 is 14.5 Å². The van der Waals surface area contributed by atoms with E-state index >= 15 is 0 Å². The largest absolute Gasteiger partial charge is 0.484 e. The first-order chi connectivity index (χ1) is 14.6. The number of thiophene rings is 1. The number of hydrogen-bond donors (Lipinski definition) is 1. The molecule has 1 N–H and O–H groups in total. The molecule has 0 saturated heterocycles. The third kappa shape index (κ3) is 4.66. The number of hydrogen-bond acceptors (Lipinski definition) is 8. The van der Waals surface area contributed by atoms with E-state index in [1.807, 2.05) is 31.2 Å². The number of ether oxygens (including phenoxy) is 1. The maximum atomic E-state index is 12.4. The van der Waals surface area contributed by atoms with Crippen molar-refractivity contribution in [1.29, 1.82) is 5.26 Å². The third-order valence-corrected chi connectivity index (χ3v) is 6.78. The number of rotatable bonds is 7. The van der Waals surface area contributed by atoms with Gasteiger partial charge in [0, 0.05) is 4.88 Å². The van der Waals surface area contributed by atoms with Gasteiger partial charge in [-0.05, 0) is 49.8 Å². The number of nitrogens with zero attached hydrogens (tertiary/aromatic N) is 3. The van der Waals surface area contributed by atoms with Crippen LogP contribution in [0.5, 0.6) is 5.75 Å². The summed E-state index contributed by atoms with van der Waals surface area (Å²) in [6, 6.07) is 9.94. The van der Waals surface area contributed by atoms with Crippen LogP contribution in [0.15, 0.2) is 33.9 Å². The van der Waals surface area contributed by atoms with Gasteiger partial charge in [-0.1, -0.05) is 30.0 Å². The van der Waals surface area contributed by atoms with Crippen molar-refractivity contribution < 1.29 is 13.9 Å². The van der Waals surface area contributed by atoms with Gasteiger partial charge in [-0.2, -0.15) is 5.26 Å². The average Bonchev–Trinajstić information content (AvgIpc) is 3.35. The first-order valence-electron chi connectivity index (χ1n) is 9.62. The number of carbonyl (C=O) groups excluding carboxylic acids is 1. The maximum Gasteiger partial charge on any atom is 0.277 e. The van der Waals surface area contributed by atoms with E-state index in [-0.39, 0.29) is 18.3 Å². The second-order valence-electron chi connectivity index (χ2n) is 6.88. The van der Waals surface area contributed by atoms with Crippen molar-refractivity contribution >= 4 is 34.0 Å². The zero-order valence-corrected chi connectivity index (χ0v) is 18.1. The molecule has 2 heterocycles. The lowest BCUT2D eigenvalue weighted by Gasteiger charge is -2.09. The molecule has 9 heteroatoms. The van der Waals surface area contributed by atoms with Crippen molar-refractivity contribution in [3.8, 4) is 11.8 Å². The van der Waals surface area contributed by atoms with Crippen LogP contribution in [0.4, 0.5) is 5.00 Å². The molecule has 1 aliphatic rings. The van der Waals surface area contributed by atoms with E-state index in [4.69, 9.17) is 9.15 Å². The number of amides is 1. The maximum absolute atomic E-state index is 12.4. The van der Waals surface area contributed by atoms with Crippen LogP contribution in [0, 0.1) is 18.3 Å². The summed E-state index contributed by atoms with van der Waals surface area (Å²) >= 11 is 2.67. The second kappa shape index (κ2) is 9.32. The Morgan fingerprint density at radius 1 is 1.33 bits per heavy atom. The van der Waals surface area contributed by atoms with Gasteiger partial charge in [0.15, 0.2) is 6.61 Å². The van der Waals surface area contributed by atoms with E-state index in [1.165, 1.54) is 16.2 Å². The highest BCUT2D eigenvalue weighted by Gasteiger charge is 2.22. The molecular weight excluding hydrogens is 420 g/mol. The molecule has 0 bridgehead atoms. The standard InChI is InChI=1S/C21H20N4O3S2/c1-13-6-2-4-8-16(13)27-11-19-24-25-21(28-19)29-12-18(26)23-20-15(10-22)14-7-3-5-9-17(14)30-20/h2,4,6,8H,3,5,7,9,11-12H2,1H3,(H,23,26). The number of benzene rings is 1. The highest BCUT2D eigenvalue weighted by atomic mass is 32.2. The average molecular weight is 441 g/mol. The third-order valence-electron chi connectivity index (χ3n) is 4.76. The van der Waals surface area contributed by atoms with Gasteiger partial charge in [0.25, 0.3) is 11.1 Å². The highest BCUT2D eigenvalue weighted by Crippen LogP contribution is 2.37. The minimum atomic E-state index is -0.203. The molecule has 0 atom stereocenters. The van der Waals surface area contributed by atoms with E-state index in [0.717, 1.165) is 54.3 Å². The monoisotopic (exact) mass is 440 g/mol. The Balaban J connectivity index is 1.30. The molecule has 0 aliphatic heterocycles. The van der Waals surface area contributed by atoms with Gasteiger partial charge >= 0.3 is 0 Å². The van der Waals surface area contributed by atoms with Crippen LogP contribution in [0.3, 0.4) is 0 Å². The predicted octanol–water partition coefficient (Wildman–Crippen LogP) is 4.50. The van der Waals surface area contributed by atoms with Crippen molar-refractivity contribution in [1.82, 2.24) is 10.2 Å². The molecule has 7 nitrogen and oxygen atoms in total. The lowest BCUT2D eigenvalue weighted by Crippen LogP contribution is -2.14. The van der Waals surface area contributed by atoms with Crippen molar-refractivity contribution in [2.45, 2.75) is 44.4 Å². The number of nitriles is 1. The fraction of sp³-hybridized carbons (Fsp3) is 0.333. The second-order valence-corrected chi connectivity index (χ2v) is 8.91. The van der Waals surface area contributed by atoms with Crippen molar-refractivity contribution in [3.05, 3.63) is 51.7 Å². The summed E-state index contributed by atoms with van der Waals surface area (Å²) in [5.74, 6) is 1.02. The van der Waals surface area contributed by atoms with Crippen LogP contribution >= 0.6 is 23.1 Å². The van der Waals surface area contributed by atoms with Crippen LogP contribution < -0.4 is 10.1 Å². The number of anilines is 1. The highest BCUT2D eigenvalue weighted by molar-refractivity contribution is 7.99. The molecule has 0 radical (unpaired) electrons. The number of fused-ring (bicyclic) bond motifs is 1. The molecule has 1 amide bonds. The van der Waals surface area contributed by atoms with Crippen LogP contribution in [0.25, 0.3) is 0 Å². The van der Waals surface area contributed by atoms with E-state index in [0.29, 0.717) is 21.7 Å². The van der Waals surface area contributed by atoms with Crippen LogP contribution in [0.1, 0.15) is 40.3 Å². The van der Waals surface area contributed by atoms with E-state index in [2.05, 4.69) is 21.6 Å². The predicted molar refractivity (Wildman–Crippen MR) is 115 cm³/mol. The minimum absolute atomic E-state index is 0.119. The summed E-state index contributed by atoms with van der Waals surface area (Å²) in [4.78, 5) is 13.6. The van der Waals surface area contributed by atoms with Crippen LogP contribution in [0.2, 0.25) is 0 Å². The Morgan fingerprint density at radius 2 is 2.17 bits per heavy atom. The molecule has 1 aromatic carbocycles. The Hall–Kier alpha value is -2.83. The Kier molecular flexibility index (Phi) is 6.35. The molecule has 3 aromatic rings. The molecule has 0 unspecified atom stereocenters. The number of thioether (sulfide) groups is 1. The van der Waals surface area contributed by atoms with Crippen molar-refractivity contribution in [3.63, 3.8) is 0 Å². The Morgan fingerprint density at radius 3 is 3.00 bits per heavy atom. The van der Waals surface area contributed by atoms with Gasteiger partial charge in [0.05, 0.1) is 11.3 Å². The summed E-state index contributed by atoms with van der Waals surface area (Å²) in [5, 5.41) is 21.2. The first kappa shape index (κ1) is 20.4. The van der Waals surface area contributed by atoms with Gasteiger partial charge in [0.1, 0.15) is 16.8 Å². The van der Waals surface area contributed by atoms with Crippen molar-refractivity contribution in [2.75, 3.05) is 11.1 Å². The van der Waals surface area contributed by atoms with Gasteiger partial charge in [-0.15, -0.1) is 21.5 Å². The zero-order chi connectivity index (χ0) is 20.9. The van der Waals surface area contributed by atoms with Gasteiger partial charge in [0.2, 0.25) is 5.91 Å². The van der Waals surface area contributed by atoms with E-state index in [9.17, 15) is 10.1 Å². The molecule has 0 fully saturated rings. The minimum Gasteiger partial charge on any atom is -0.484 e. The Bertz CT molecular complexity index is 1100. The van der Waals surface area contributed by atoms with E-state index in [1.54, 1.807) is 0 Å². The summed E-state index contributed by atoms with van der Waals surface area (Å²) < 4.78 is 11.2. The number of para-hydroxylation sites is 1. The molecule has 0 saturated carbocycles.